The van der Waals surface area contributed by atoms with Crippen LogP contribution in [-0.4, -0.2) is 11.2 Å². The van der Waals surface area contributed by atoms with Gasteiger partial charge in [-0.05, 0) is 5.41 Å². The first-order valence-corrected chi connectivity index (χ1v) is 3.83. The summed E-state index contributed by atoms with van der Waals surface area (Å²) in [5, 5.41) is 4.97. The van der Waals surface area contributed by atoms with Gasteiger partial charge in [-0.25, -0.2) is 0 Å². The van der Waals surface area contributed by atoms with Gasteiger partial charge in [0.25, 0.3) is 0 Å². The van der Waals surface area contributed by atoms with Crippen LogP contribution in [0.5, 0.6) is 0 Å². The van der Waals surface area contributed by atoms with Crippen molar-refractivity contribution in [1.82, 2.24) is 5.32 Å². The minimum Gasteiger partial charge on any atom is -0.332 e. The fourth-order valence-corrected chi connectivity index (χ4v) is 1.33. The van der Waals surface area contributed by atoms with Crippen molar-refractivity contribution in [3.63, 3.8) is 0 Å². The predicted octanol–water partition coefficient (Wildman–Crippen LogP) is 1.10. The number of hydrogen-bond acceptors (Lipinski definition) is 2. The second-order valence-corrected chi connectivity index (χ2v) is 3.37. The maximum Gasteiger partial charge on any atom is 0.225 e. The fourth-order valence-electron chi connectivity index (χ4n) is 0.668. The predicted molar refractivity (Wildman–Crippen MR) is 39.0 cm³/mol. The molecule has 1 aliphatic rings. The van der Waals surface area contributed by atoms with Gasteiger partial charge in [0.1, 0.15) is 0 Å². The molecule has 0 saturated carbocycles. The standard InChI is InChI=1S/C6H9NOS/c1-5-4-6(8)7-2-3-9-5/h2-3,5H,4H2,1H3,(H,7,8). The van der Waals surface area contributed by atoms with Gasteiger partial charge in [-0.15, -0.1) is 11.8 Å². The summed E-state index contributed by atoms with van der Waals surface area (Å²) < 4.78 is 0. The lowest BCUT2D eigenvalue weighted by Crippen LogP contribution is -2.17. The Morgan fingerprint density at radius 1 is 1.89 bits per heavy atom. The molecule has 1 N–H and O–H groups in total. The Labute approximate surface area is 58.7 Å². The number of carbonyl (C=O) groups is 1. The fraction of sp³-hybridized carbons (Fsp3) is 0.500. The van der Waals surface area contributed by atoms with E-state index in [4.69, 9.17) is 0 Å². The molecule has 1 aliphatic heterocycles. The zero-order valence-electron chi connectivity index (χ0n) is 5.26. The molecular formula is C6H9NOS. The van der Waals surface area contributed by atoms with Crippen LogP contribution in [0.2, 0.25) is 0 Å². The Morgan fingerprint density at radius 3 is 3.44 bits per heavy atom. The Morgan fingerprint density at radius 2 is 2.67 bits per heavy atom. The monoisotopic (exact) mass is 143 g/mol. The van der Waals surface area contributed by atoms with E-state index in [-0.39, 0.29) is 5.91 Å². The molecule has 1 unspecified atom stereocenters. The number of carbonyl (C=O) groups excluding carboxylic acids is 1. The summed E-state index contributed by atoms with van der Waals surface area (Å²) >= 11 is 1.68. The number of hydrogen-bond donors (Lipinski definition) is 1. The molecule has 0 aromatic heterocycles. The van der Waals surface area contributed by atoms with Crippen molar-refractivity contribution < 1.29 is 4.79 Å². The van der Waals surface area contributed by atoms with E-state index in [0.29, 0.717) is 11.7 Å². The molecule has 50 valence electrons. The Kier molecular flexibility index (Phi) is 2.16. The molecule has 3 heteroatoms. The van der Waals surface area contributed by atoms with E-state index in [9.17, 15) is 4.79 Å². The molecule has 0 bridgehead atoms. The van der Waals surface area contributed by atoms with Crippen LogP contribution in [-0.2, 0) is 4.79 Å². The maximum atomic E-state index is 10.7. The van der Waals surface area contributed by atoms with E-state index in [1.807, 2.05) is 12.3 Å². The van der Waals surface area contributed by atoms with Gasteiger partial charge in [-0.3, -0.25) is 4.79 Å². The second-order valence-electron chi connectivity index (χ2n) is 2.02. The highest BCUT2D eigenvalue weighted by atomic mass is 32.2. The van der Waals surface area contributed by atoms with Gasteiger partial charge in [-0.2, -0.15) is 0 Å². The highest BCUT2D eigenvalue weighted by Gasteiger charge is 2.08. The third-order valence-corrected chi connectivity index (χ3v) is 2.02. The van der Waals surface area contributed by atoms with Gasteiger partial charge in [-0.1, -0.05) is 6.92 Å². The van der Waals surface area contributed by atoms with E-state index in [0.717, 1.165) is 0 Å². The van der Waals surface area contributed by atoms with Gasteiger partial charge < -0.3 is 5.32 Å². The molecule has 1 rings (SSSR count). The molecular weight excluding hydrogens is 134 g/mol. The van der Waals surface area contributed by atoms with Crippen LogP contribution in [0.4, 0.5) is 0 Å². The number of rotatable bonds is 0. The molecule has 0 fully saturated rings. The van der Waals surface area contributed by atoms with Gasteiger partial charge in [0.2, 0.25) is 5.91 Å². The first-order valence-electron chi connectivity index (χ1n) is 2.89. The topological polar surface area (TPSA) is 29.1 Å². The molecule has 0 aromatic carbocycles. The molecule has 0 spiro atoms. The Bertz CT molecular complexity index is 144. The van der Waals surface area contributed by atoms with Crippen LogP contribution in [0.15, 0.2) is 11.6 Å². The summed E-state index contributed by atoms with van der Waals surface area (Å²) in [6.45, 7) is 2.04. The molecule has 0 saturated heterocycles. The van der Waals surface area contributed by atoms with Crippen molar-refractivity contribution in [2.45, 2.75) is 18.6 Å². The summed E-state index contributed by atoms with van der Waals surface area (Å²) in [6.07, 6.45) is 2.31. The molecule has 0 aliphatic carbocycles. The lowest BCUT2D eigenvalue weighted by atomic mass is 10.3. The van der Waals surface area contributed by atoms with Gasteiger partial charge in [0, 0.05) is 17.9 Å². The zero-order valence-corrected chi connectivity index (χ0v) is 6.07. The first kappa shape index (κ1) is 6.68. The van der Waals surface area contributed by atoms with E-state index >= 15 is 0 Å². The lowest BCUT2D eigenvalue weighted by molar-refractivity contribution is -0.120. The van der Waals surface area contributed by atoms with E-state index in [2.05, 4.69) is 5.32 Å². The molecule has 0 aromatic rings. The summed E-state index contributed by atoms with van der Waals surface area (Å²) in [4.78, 5) is 10.7. The van der Waals surface area contributed by atoms with Gasteiger partial charge >= 0.3 is 0 Å². The van der Waals surface area contributed by atoms with Crippen LogP contribution in [0.3, 0.4) is 0 Å². The van der Waals surface area contributed by atoms with E-state index in [1.165, 1.54) is 0 Å². The van der Waals surface area contributed by atoms with Crippen LogP contribution in [0.25, 0.3) is 0 Å². The van der Waals surface area contributed by atoms with E-state index < -0.39 is 0 Å². The van der Waals surface area contributed by atoms with Crippen LogP contribution >= 0.6 is 11.8 Å². The summed E-state index contributed by atoms with van der Waals surface area (Å²) in [7, 11) is 0. The molecule has 0 radical (unpaired) electrons. The van der Waals surface area contributed by atoms with Crippen molar-refractivity contribution in [3.8, 4) is 0 Å². The smallest absolute Gasteiger partial charge is 0.225 e. The van der Waals surface area contributed by atoms with Crippen LogP contribution in [0.1, 0.15) is 13.3 Å². The van der Waals surface area contributed by atoms with Crippen molar-refractivity contribution in [3.05, 3.63) is 11.6 Å². The largest absolute Gasteiger partial charge is 0.332 e. The highest BCUT2D eigenvalue weighted by molar-refractivity contribution is 8.02. The SMILES string of the molecule is CC1CC(=O)NC=CS1. The summed E-state index contributed by atoms with van der Waals surface area (Å²) in [6, 6.07) is 0. The number of nitrogens with one attached hydrogen (secondary N) is 1. The normalized spacial score (nSPS) is 27.2. The molecule has 1 atom stereocenters. The van der Waals surface area contributed by atoms with Crippen molar-refractivity contribution in [2.24, 2.45) is 0 Å². The Balaban J connectivity index is 2.50. The highest BCUT2D eigenvalue weighted by Crippen LogP contribution is 2.16. The summed E-state index contributed by atoms with van der Waals surface area (Å²) in [5.74, 6) is 0.115. The van der Waals surface area contributed by atoms with Gasteiger partial charge in [0.15, 0.2) is 0 Å². The van der Waals surface area contributed by atoms with Crippen molar-refractivity contribution in [2.75, 3.05) is 0 Å². The summed E-state index contributed by atoms with van der Waals surface area (Å²) in [5.41, 5.74) is 0. The average Bonchev–Trinajstić information content (AvgIpc) is 1.93. The Hall–Kier alpha value is -0.440. The van der Waals surface area contributed by atoms with Crippen molar-refractivity contribution >= 4 is 17.7 Å². The molecule has 1 amide bonds. The van der Waals surface area contributed by atoms with E-state index in [1.54, 1.807) is 18.0 Å². The third kappa shape index (κ3) is 2.10. The quantitative estimate of drug-likeness (QED) is 0.550. The molecule has 1 heterocycles. The molecule has 2 nitrogen and oxygen atoms in total. The average molecular weight is 143 g/mol. The van der Waals surface area contributed by atoms with Crippen molar-refractivity contribution in [1.29, 1.82) is 0 Å². The maximum absolute atomic E-state index is 10.7. The molecule has 9 heavy (non-hydrogen) atoms. The third-order valence-electron chi connectivity index (χ3n) is 1.10. The van der Waals surface area contributed by atoms with Gasteiger partial charge in [0.05, 0.1) is 0 Å². The number of thioether (sulfide) groups is 1. The minimum atomic E-state index is 0.115. The van der Waals surface area contributed by atoms with Crippen LogP contribution < -0.4 is 5.32 Å². The lowest BCUT2D eigenvalue weighted by Gasteiger charge is -2.00. The zero-order chi connectivity index (χ0) is 6.69. The minimum absolute atomic E-state index is 0.115. The van der Waals surface area contributed by atoms with Crippen LogP contribution in [0, 0.1) is 0 Å². The second kappa shape index (κ2) is 2.92. The first-order chi connectivity index (χ1) is 4.29. The number of amides is 1.